The Labute approximate surface area is 165 Å². The lowest BCUT2D eigenvalue weighted by atomic mass is 9.78. The van der Waals surface area contributed by atoms with Crippen LogP contribution in [0, 0.1) is 11.8 Å². The zero-order valence-corrected chi connectivity index (χ0v) is 19.4. The number of esters is 2. The smallest absolute Gasteiger partial charge is 0.311 e. The number of nitrogens with zero attached hydrogens (tertiary/aromatic N) is 1. The van der Waals surface area contributed by atoms with Crippen LogP contribution in [0.1, 0.15) is 41.0 Å². The number of likely N-dealkylation sites (N-methyl/N-ethyl adjacent to an activating group) is 1. The summed E-state index contributed by atoms with van der Waals surface area (Å²) in [5, 5.41) is 0.0405. The molecule has 0 aromatic rings. The third kappa shape index (κ3) is 5.81. The van der Waals surface area contributed by atoms with Crippen LogP contribution in [0.15, 0.2) is 11.8 Å². The largest absolute Gasteiger partial charge is 0.547 e. The van der Waals surface area contributed by atoms with E-state index in [1.165, 1.54) is 0 Å². The van der Waals surface area contributed by atoms with Gasteiger partial charge in [0.25, 0.3) is 0 Å². The first-order chi connectivity index (χ1) is 12.4. The highest BCUT2D eigenvalue weighted by Gasteiger charge is 2.47. The van der Waals surface area contributed by atoms with Crippen molar-refractivity contribution in [3.63, 3.8) is 0 Å². The number of ether oxygens (including phenoxy) is 2. The van der Waals surface area contributed by atoms with E-state index in [2.05, 4.69) is 33.9 Å². The predicted octanol–water partition coefficient (Wildman–Crippen LogP) is 3.58. The van der Waals surface area contributed by atoms with E-state index in [1.807, 2.05) is 25.1 Å². The highest BCUT2D eigenvalue weighted by molar-refractivity contribution is 6.74. The molecule has 1 aliphatic carbocycles. The molecule has 7 heteroatoms. The second-order valence-electron chi connectivity index (χ2n) is 8.79. The molecule has 27 heavy (non-hydrogen) atoms. The number of carbonyl (C=O) groups excluding carboxylic acids is 2. The first kappa shape index (κ1) is 23.7. The van der Waals surface area contributed by atoms with Gasteiger partial charge in [-0.2, -0.15) is 0 Å². The molecule has 0 amide bonds. The molecule has 1 rings (SSSR count). The van der Waals surface area contributed by atoms with Crippen molar-refractivity contribution in [1.29, 1.82) is 0 Å². The second-order valence-corrected chi connectivity index (χ2v) is 13.5. The molecule has 6 nitrogen and oxygen atoms in total. The van der Waals surface area contributed by atoms with Crippen molar-refractivity contribution < 1.29 is 23.5 Å². The molecule has 0 bridgehead atoms. The summed E-state index contributed by atoms with van der Waals surface area (Å²) in [7, 11) is 1.73. The van der Waals surface area contributed by atoms with Gasteiger partial charge >= 0.3 is 11.9 Å². The van der Waals surface area contributed by atoms with Crippen molar-refractivity contribution in [2.75, 3.05) is 27.3 Å². The van der Waals surface area contributed by atoms with Crippen LogP contribution < -0.4 is 0 Å². The van der Waals surface area contributed by atoms with Crippen LogP contribution in [0.2, 0.25) is 18.1 Å². The Kier molecular flexibility index (Phi) is 8.10. The van der Waals surface area contributed by atoms with Crippen LogP contribution in [0.3, 0.4) is 0 Å². The second kappa shape index (κ2) is 9.23. The minimum atomic E-state index is -2.06. The van der Waals surface area contributed by atoms with Gasteiger partial charge in [-0.15, -0.1) is 0 Å². The molecule has 0 saturated heterocycles. The Morgan fingerprint density at radius 3 is 2.07 bits per heavy atom. The topological polar surface area (TPSA) is 65.1 Å². The lowest BCUT2D eigenvalue weighted by Crippen LogP contribution is -2.49. The van der Waals surface area contributed by atoms with Crippen molar-refractivity contribution in [3.05, 3.63) is 11.8 Å². The normalized spacial score (nSPS) is 23.6. The van der Waals surface area contributed by atoms with Crippen LogP contribution >= 0.6 is 0 Å². The summed E-state index contributed by atoms with van der Waals surface area (Å²) < 4.78 is 17.0. The fourth-order valence-corrected chi connectivity index (χ4v) is 4.11. The highest BCUT2D eigenvalue weighted by Crippen LogP contribution is 2.41. The van der Waals surface area contributed by atoms with E-state index >= 15 is 0 Å². The summed E-state index contributed by atoms with van der Waals surface area (Å²) in [6.07, 6.45) is 2.34. The van der Waals surface area contributed by atoms with E-state index in [-0.39, 0.29) is 36.2 Å². The molecule has 0 N–H and O–H groups in total. The van der Waals surface area contributed by atoms with E-state index in [0.29, 0.717) is 6.42 Å². The minimum absolute atomic E-state index is 0.0405. The first-order valence-electron chi connectivity index (χ1n) is 9.75. The Morgan fingerprint density at radius 1 is 1.11 bits per heavy atom. The maximum Gasteiger partial charge on any atom is 0.311 e. The average molecular weight is 400 g/mol. The fraction of sp³-hybridized carbons (Fsp3) is 0.800. The van der Waals surface area contributed by atoms with Crippen molar-refractivity contribution in [2.24, 2.45) is 11.8 Å². The standard InChI is InChI=1S/C20H37NO5Si/c1-10-24-18(22)15-12-14(26-27(8,9)20(3,4)5)13-16(21(6)7)17(15)19(23)25-11-2/h13,15-17H,10-12H2,1-9H3/t15-,16?,17+/m0/s1. The van der Waals surface area contributed by atoms with Gasteiger partial charge in [-0.1, -0.05) is 20.8 Å². The molecular weight excluding hydrogens is 362 g/mol. The quantitative estimate of drug-likeness (QED) is 0.481. The lowest BCUT2D eigenvalue weighted by Gasteiger charge is -2.42. The molecule has 1 aliphatic rings. The summed E-state index contributed by atoms with van der Waals surface area (Å²) in [5.74, 6) is -1.17. The average Bonchev–Trinajstić information content (AvgIpc) is 2.52. The van der Waals surface area contributed by atoms with Crippen molar-refractivity contribution in [1.82, 2.24) is 4.90 Å². The van der Waals surface area contributed by atoms with Gasteiger partial charge in [0.15, 0.2) is 0 Å². The molecular formula is C20H37NO5Si. The number of hydrogen-bond donors (Lipinski definition) is 0. The molecule has 0 saturated carbocycles. The number of rotatable bonds is 7. The third-order valence-corrected chi connectivity index (χ3v) is 9.90. The van der Waals surface area contributed by atoms with Crippen molar-refractivity contribution >= 4 is 20.3 Å². The molecule has 0 fully saturated rings. The fourth-order valence-electron chi connectivity index (χ4n) is 2.99. The molecule has 0 heterocycles. The third-order valence-electron chi connectivity index (χ3n) is 5.52. The monoisotopic (exact) mass is 399 g/mol. The van der Waals surface area contributed by atoms with Gasteiger partial charge in [0, 0.05) is 12.5 Å². The first-order valence-corrected chi connectivity index (χ1v) is 12.7. The number of hydrogen-bond acceptors (Lipinski definition) is 6. The lowest BCUT2D eigenvalue weighted by molar-refractivity contribution is -0.163. The molecule has 0 spiro atoms. The summed E-state index contributed by atoms with van der Waals surface area (Å²) in [4.78, 5) is 27.3. The zero-order valence-electron chi connectivity index (χ0n) is 18.4. The Hall–Kier alpha value is -1.34. The minimum Gasteiger partial charge on any atom is -0.547 e. The van der Waals surface area contributed by atoms with Gasteiger partial charge in [-0.25, -0.2) is 0 Å². The van der Waals surface area contributed by atoms with Crippen LogP contribution in [0.4, 0.5) is 0 Å². The molecule has 0 radical (unpaired) electrons. The molecule has 0 aromatic carbocycles. The molecule has 3 atom stereocenters. The Balaban J connectivity index is 3.30. The van der Waals surface area contributed by atoms with Gasteiger partial charge < -0.3 is 18.8 Å². The number of allylic oxidation sites excluding steroid dienone is 1. The number of carbonyl (C=O) groups is 2. The summed E-state index contributed by atoms with van der Waals surface area (Å²) in [5.41, 5.74) is 0. The van der Waals surface area contributed by atoms with E-state index in [9.17, 15) is 9.59 Å². The molecule has 0 aliphatic heterocycles. The summed E-state index contributed by atoms with van der Waals surface area (Å²) in [6, 6.07) is -0.285. The van der Waals surface area contributed by atoms with Crippen LogP contribution in [-0.2, 0) is 23.5 Å². The van der Waals surface area contributed by atoms with E-state index < -0.39 is 20.2 Å². The molecule has 1 unspecified atom stereocenters. The van der Waals surface area contributed by atoms with Crippen molar-refractivity contribution in [2.45, 2.75) is 65.2 Å². The maximum absolute atomic E-state index is 12.7. The van der Waals surface area contributed by atoms with Crippen LogP contribution in [0.25, 0.3) is 0 Å². The maximum atomic E-state index is 12.7. The Morgan fingerprint density at radius 2 is 1.63 bits per heavy atom. The van der Waals surface area contributed by atoms with Gasteiger partial charge in [0.05, 0.1) is 30.8 Å². The predicted molar refractivity (Wildman–Crippen MR) is 109 cm³/mol. The Bertz CT molecular complexity index is 565. The van der Waals surface area contributed by atoms with E-state index in [4.69, 9.17) is 13.9 Å². The SMILES string of the molecule is CCOC(=O)[C@H]1CC(O[Si](C)(C)C(C)(C)C)=CC(N(C)C)[C@@H]1C(=O)OCC. The summed E-state index contributed by atoms with van der Waals surface area (Å²) >= 11 is 0. The molecule has 0 aromatic heterocycles. The zero-order chi connectivity index (χ0) is 21.0. The molecule has 156 valence electrons. The highest BCUT2D eigenvalue weighted by atomic mass is 28.4. The van der Waals surface area contributed by atoms with Gasteiger partial charge in [0.1, 0.15) is 0 Å². The summed E-state index contributed by atoms with van der Waals surface area (Å²) in [6.45, 7) is 15.0. The van der Waals surface area contributed by atoms with Crippen LogP contribution in [-0.4, -0.2) is 58.5 Å². The van der Waals surface area contributed by atoms with Gasteiger partial charge in [-0.05, 0) is 52.2 Å². The van der Waals surface area contributed by atoms with E-state index in [0.717, 1.165) is 5.76 Å². The van der Waals surface area contributed by atoms with E-state index in [1.54, 1.807) is 13.8 Å². The van der Waals surface area contributed by atoms with Gasteiger partial charge in [-0.3, -0.25) is 9.59 Å². The van der Waals surface area contributed by atoms with Crippen molar-refractivity contribution in [3.8, 4) is 0 Å². The van der Waals surface area contributed by atoms with Gasteiger partial charge in [0.2, 0.25) is 8.32 Å². The van der Waals surface area contributed by atoms with Crippen LogP contribution in [0.5, 0.6) is 0 Å².